The summed E-state index contributed by atoms with van der Waals surface area (Å²) in [5, 5.41) is 14.9. The van der Waals surface area contributed by atoms with Gasteiger partial charge in [0.25, 0.3) is 5.91 Å². The molecule has 0 aliphatic carbocycles. The molecule has 358 valence electrons. The maximum absolute atomic E-state index is 13.8. The number of fused-ring (bicyclic) bond motifs is 4. The molecule has 3 heterocycles. The Hall–Kier alpha value is -5.66. The van der Waals surface area contributed by atoms with E-state index in [-0.39, 0.29) is 34.0 Å². The van der Waals surface area contributed by atoms with Crippen LogP contribution in [0, 0.1) is 18.8 Å². The number of hydrogen-bond acceptors (Lipinski definition) is 7. The molecule has 13 heteroatoms. The first-order valence-electron chi connectivity index (χ1n) is 23.1. The number of aryl methyl sites for hydroxylation is 1. The Balaban J connectivity index is 1.06. The highest BCUT2D eigenvalue weighted by atomic mass is 32.2. The number of carbonyl (C=O) groups is 3. The van der Waals surface area contributed by atoms with Gasteiger partial charge < -0.3 is 20.2 Å². The quantitative estimate of drug-likeness (QED) is 0.0954. The molecular weight excluding hydrogens is 902 g/mol. The number of rotatable bonds is 14. The lowest BCUT2D eigenvalue weighted by molar-refractivity contribution is -0.138. The molecular formula is C55H61F3N4O4S2. The number of allylic oxidation sites excluding steroid dienone is 7. The number of anilines is 3. The lowest BCUT2D eigenvalue weighted by atomic mass is 9.72. The molecule has 8 nitrogen and oxygen atoms in total. The topological polar surface area (TPSA) is 93.2 Å². The number of hydrogen-bond donors (Lipinski definition) is 2. The first-order valence-corrected chi connectivity index (χ1v) is 24.3. The number of benzene rings is 4. The standard InChI is InChI=1S/C55H61F3N4O4S2/c1-33(2)26-28-60-42-23-20-37(55(56,57)58)30-41(42)53(7,8)46(60)25-24-44-50(66)62(51(67)68-44)32-47(63)59-38-21-18-34(3)40(31-38)52(5,6)35(4)14-13-17-45-54(9,10)49-39-16-12-11-15-36(39)19-22-43(49)61(45)29-27-48(64)65/h11-25,30-31,33,35H,26-29,32H2,1-10H3,(H,59,63)(H,64,65)/b14-13+,44-24+,45-17+,46-25-. The summed E-state index contributed by atoms with van der Waals surface area (Å²) in [5.74, 6) is -1.29. The highest BCUT2D eigenvalue weighted by Gasteiger charge is 2.44. The van der Waals surface area contributed by atoms with Gasteiger partial charge in [-0.2, -0.15) is 13.2 Å². The van der Waals surface area contributed by atoms with Crippen molar-refractivity contribution >= 4 is 73.9 Å². The van der Waals surface area contributed by atoms with Crippen LogP contribution in [-0.2, 0) is 36.8 Å². The lowest BCUT2D eigenvalue weighted by Crippen LogP contribution is -2.36. The minimum absolute atomic E-state index is 0.00369. The van der Waals surface area contributed by atoms with Crippen LogP contribution in [0.1, 0.15) is 103 Å². The van der Waals surface area contributed by atoms with Crippen LogP contribution >= 0.6 is 24.0 Å². The molecule has 0 aromatic heterocycles. The zero-order chi connectivity index (χ0) is 49.7. The molecule has 0 saturated carbocycles. The fraction of sp³-hybridized carbons (Fsp3) is 0.382. The molecule has 1 unspecified atom stereocenters. The van der Waals surface area contributed by atoms with Gasteiger partial charge in [-0.05, 0) is 118 Å². The van der Waals surface area contributed by atoms with Crippen molar-refractivity contribution in [2.24, 2.45) is 11.8 Å². The number of carboxylic acid groups (broad SMARTS) is 1. The van der Waals surface area contributed by atoms with E-state index >= 15 is 0 Å². The van der Waals surface area contributed by atoms with Crippen LogP contribution in [-0.4, -0.2) is 51.7 Å². The Morgan fingerprint density at radius 2 is 1.53 bits per heavy atom. The highest BCUT2D eigenvalue weighted by molar-refractivity contribution is 8.26. The number of nitrogens with one attached hydrogen (secondary N) is 1. The molecule has 3 aliphatic heterocycles. The van der Waals surface area contributed by atoms with Crippen molar-refractivity contribution in [3.05, 3.63) is 147 Å². The van der Waals surface area contributed by atoms with Gasteiger partial charge in [0.15, 0.2) is 0 Å². The number of thiocarbonyl (C=S) groups is 1. The first kappa shape index (κ1) is 50.2. The van der Waals surface area contributed by atoms with Gasteiger partial charge in [0.05, 0.1) is 16.9 Å². The third-order valence-corrected chi connectivity index (χ3v) is 15.4. The molecule has 4 aromatic carbocycles. The zero-order valence-electron chi connectivity index (χ0n) is 40.5. The summed E-state index contributed by atoms with van der Waals surface area (Å²) < 4.78 is 41.7. The van der Waals surface area contributed by atoms with E-state index in [1.807, 2.05) is 56.0 Å². The van der Waals surface area contributed by atoms with E-state index in [1.165, 1.54) is 22.6 Å². The minimum atomic E-state index is -4.48. The molecule has 2 N–H and O–H groups in total. The summed E-state index contributed by atoms with van der Waals surface area (Å²) in [5.41, 5.74) is 5.70. The first-order chi connectivity index (χ1) is 31.8. The molecule has 0 spiro atoms. The third-order valence-electron chi connectivity index (χ3n) is 14.0. The van der Waals surface area contributed by atoms with Crippen LogP contribution in [0.25, 0.3) is 10.8 Å². The summed E-state index contributed by atoms with van der Waals surface area (Å²) in [6.07, 6.45) is 6.15. The summed E-state index contributed by atoms with van der Waals surface area (Å²) in [4.78, 5) is 45.0. The Labute approximate surface area is 408 Å². The van der Waals surface area contributed by atoms with Gasteiger partial charge in [-0.3, -0.25) is 19.3 Å². The number of amides is 2. The fourth-order valence-corrected chi connectivity index (χ4v) is 11.0. The summed E-state index contributed by atoms with van der Waals surface area (Å²) in [6.45, 7) is 21.5. The van der Waals surface area contributed by atoms with Gasteiger partial charge in [0.1, 0.15) is 10.9 Å². The Kier molecular flexibility index (Phi) is 14.1. The summed E-state index contributed by atoms with van der Waals surface area (Å²) in [7, 11) is 0. The number of thioether (sulfide) groups is 1. The van der Waals surface area contributed by atoms with Gasteiger partial charge in [0.2, 0.25) is 5.91 Å². The van der Waals surface area contributed by atoms with Crippen LogP contribution < -0.4 is 15.1 Å². The van der Waals surface area contributed by atoms with Gasteiger partial charge in [0, 0.05) is 52.4 Å². The van der Waals surface area contributed by atoms with Crippen LogP contribution in [0.4, 0.5) is 30.2 Å². The van der Waals surface area contributed by atoms with Crippen LogP contribution in [0.3, 0.4) is 0 Å². The van der Waals surface area contributed by atoms with E-state index in [1.54, 1.807) is 12.2 Å². The molecule has 2 amide bonds. The lowest BCUT2D eigenvalue weighted by Gasteiger charge is -2.32. The molecule has 0 radical (unpaired) electrons. The monoisotopic (exact) mass is 962 g/mol. The van der Waals surface area contributed by atoms with Gasteiger partial charge >= 0.3 is 12.1 Å². The van der Waals surface area contributed by atoms with Crippen molar-refractivity contribution < 1.29 is 32.7 Å². The molecule has 1 fully saturated rings. The molecule has 3 aliphatic rings. The number of carbonyl (C=O) groups excluding carboxylic acids is 2. The van der Waals surface area contributed by atoms with Crippen LogP contribution in [0.2, 0.25) is 0 Å². The number of alkyl halides is 3. The summed E-state index contributed by atoms with van der Waals surface area (Å²) in [6, 6.07) is 22.2. The van der Waals surface area contributed by atoms with E-state index < -0.39 is 34.9 Å². The zero-order valence-corrected chi connectivity index (χ0v) is 42.1. The van der Waals surface area contributed by atoms with Crippen molar-refractivity contribution in [3.63, 3.8) is 0 Å². The molecule has 1 saturated heterocycles. The molecule has 0 bridgehead atoms. The Morgan fingerprint density at radius 3 is 2.22 bits per heavy atom. The van der Waals surface area contributed by atoms with Gasteiger partial charge in [-0.25, -0.2) is 0 Å². The molecule has 68 heavy (non-hydrogen) atoms. The van der Waals surface area contributed by atoms with Crippen molar-refractivity contribution in [1.29, 1.82) is 0 Å². The third kappa shape index (κ3) is 9.79. The normalized spacial score (nSPS) is 19.1. The smallest absolute Gasteiger partial charge is 0.416 e. The highest BCUT2D eigenvalue weighted by Crippen LogP contribution is 2.52. The van der Waals surface area contributed by atoms with E-state index in [0.29, 0.717) is 40.9 Å². The van der Waals surface area contributed by atoms with Crippen molar-refractivity contribution in [1.82, 2.24) is 4.90 Å². The molecule has 7 rings (SSSR count). The number of nitrogens with zero attached hydrogens (tertiary/aromatic N) is 3. The van der Waals surface area contributed by atoms with Crippen molar-refractivity contribution in [3.8, 4) is 0 Å². The largest absolute Gasteiger partial charge is 0.481 e. The Bertz CT molecular complexity index is 2820. The second-order valence-corrected chi connectivity index (χ2v) is 21.8. The van der Waals surface area contributed by atoms with E-state index in [9.17, 15) is 32.7 Å². The van der Waals surface area contributed by atoms with Crippen molar-refractivity contribution in [2.75, 3.05) is 34.8 Å². The number of carboxylic acids is 1. The van der Waals surface area contributed by atoms with Crippen LogP contribution in [0.15, 0.2) is 119 Å². The predicted molar refractivity (Wildman–Crippen MR) is 275 cm³/mol. The predicted octanol–water partition coefficient (Wildman–Crippen LogP) is 13.2. The van der Waals surface area contributed by atoms with E-state index in [4.69, 9.17) is 12.2 Å². The minimum Gasteiger partial charge on any atom is -0.481 e. The van der Waals surface area contributed by atoms with Gasteiger partial charge in [-0.1, -0.05) is 135 Å². The maximum atomic E-state index is 13.8. The van der Waals surface area contributed by atoms with E-state index in [0.717, 1.165) is 63.2 Å². The second-order valence-electron chi connectivity index (χ2n) is 20.2. The van der Waals surface area contributed by atoms with E-state index in [2.05, 4.69) is 101 Å². The Morgan fingerprint density at radius 1 is 0.853 bits per heavy atom. The fourth-order valence-electron chi connectivity index (χ4n) is 9.81. The number of halogens is 3. The number of aliphatic carboxylic acids is 1. The average molecular weight is 963 g/mol. The molecule has 1 atom stereocenters. The second kappa shape index (κ2) is 19.0. The van der Waals surface area contributed by atoms with Crippen molar-refractivity contribution in [2.45, 2.75) is 105 Å². The average Bonchev–Trinajstić information content (AvgIpc) is 3.75. The molecule has 4 aromatic rings. The SMILES string of the molecule is Cc1ccc(NC(=O)CN2C(=O)/C(=C\C=C3/N(CCC(C)C)c4ccc(C(F)(F)F)cc4C3(C)C)SC2=S)cc1C(C)(C)C(C)/C=C/C=C1/N(CCC(=O)O)c2ccc3ccccc3c2C1(C)C. The van der Waals surface area contributed by atoms with Crippen LogP contribution in [0.5, 0.6) is 0 Å². The van der Waals surface area contributed by atoms with Gasteiger partial charge in [-0.15, -0.1) is 0 Å². The summed E-state index contributed by atoms with van der Waals surface area (Å²) >= 11 is 6.70. The maximum Gasteiger partial charge on any atom is 0.416 e.